The molecule has 0 aromatic heterocycles. The van der Waals surface area contributed by atoms with Crippen LogP contribution in [0.2, 0.25) is 0 Å². The zero-order valence-electron chi connectivity index (χ0n) is 13.5. The Balaban J connectivity index is 1.74. The standard InChI is InChI=1S/C21H19NO2/c1-24-18-13-11-17(12-14-18)21(23)15-22-20-10-6-5-9-19(20)16-7-3-2-4-8-16/h2-14,22H,15H2,1H3. The molecule has 0 unspecified atom stereocenters. The minimum Gasteiger partial charge on any atom is -0.497 e. The van der Waals surface area contributed by atoms with E-state index in [2.05, 4.69) is 23.5 Å². The Kier molecular flexibility index (Phi) is 4.92. The van der Waals surface area contributed by atoms with Gasteiger partial charge < -0.3 is 10.1 Å². The van der Waals surface area contributed by atoms with Crippen LogP contribution in [-0.2, 0) is 0 Å². The number of nitrogens with one attached hydrogen (secondary N) is 1. The molecular weight excluding hydrogens is 298 g/mol. The fourth-order valence-corrected chi connectivity index (χ4v) is 2.56. The van der Waals surface area contributed by atoms with Crippen LogP contribution in [0.4, 0.5) is 5.69 Å². The Labute approximate surface area is 141 Å². The summed E-state index contributed by atoms with van der Waals surface area (Å²) in [6, 6.07) is 25.3. The van der Waals surface area contributed by atoms with E-state index in [-0.39, 0.29) is 12.3 Å². The summed E-state index contributed by atoms with van der Waals surface area (Å²) < 4.78 is 5.12. The smallest absolute Gasteiger partial charge is 0.181 e. The first-order chi connectivity index (χ1) is 11.8. The second-order valence-corrected chi connectivity index (χ2v) is 5.42. The molecule has 3 aromatic rings. The van der Waals surface area contributed by atoms with Gasteiger partial charge >= 0.3 is 0 Å². The summed E-state index contributed by atoms with van der Waals surface area (Å²) in [6.45, 7) is 0.246. The lowest BCUT2D eigenvalue weighted by Crippen LogP contribution is -2.14. The Morgan fingerprint density at radius 3 is 2.25 bits per heavy atom. The van der Waals surface area contributed by atoms with Crippen molar-refractivity contribution in [3.05, 3.63) is 84.4 Å². The van der Waals surface area contributed by atoms with Crippen LogP contribution in [0.15, 0.2) is 78.9 Å². The number of hydrogen-bond acceptors (Lipinski definition) is 3. The Morgan fingerprint density at radius 2 is 1.54 bits per heavy atom. The first-order valence-electron chi connectivity index (χ1n) is 7.83. The number of methoxy groups -OCH3 is 1. The van der Waals surface area contributed by atoms with E-state index in [0.29, 0.717) is 5.56 Å². The highest BCUT2D eigenvalue weighted by molar-refractivity contribution is 5.99. The van der Waals surface area contributed by atoms with Gasteiger partial charge in [0, 0.05) is 16.8 Å². The Hall–Kier alpha value is -3.07. The molecule has 0 fully saturated rings. The van der Waals surface area contributed by atoms with Gasteiger partial charge in [-0.25, -0.2) is 0 Å². The molecule has 3 rings (SSSR count). The number of anilines is 1. The zero-order chi connectivity index (χ0) is 16.8. The first-order valence-corrected chi connectivity index (χ1v) is 7.83. The average molecular weight is 317 g/mol. The predicted molar refractivity (Wildman–Crippen MR) is 97.7 cm³/mol. The lowest BCUT2D eigenvalue weighted by atomic mass is 10.0. The first kappa shape index (κ1) is 15.8. The summed E-state index contributed by atoms with van der Waals surface area (Å²) in [5.41, 5.74) is 3.82. The molecule has 0 amide bonds. The SMILES string of the molecule is COc1ccc(C(=O)CNc2ccccc2-c2ccccc2)cc1. The molecule has 3 nitrogen and oxygen atoms in total. The number of ketones is 1. The molecule has 0 atom stereocenters. The van der Waals surface area contributed by atoms with Crippen molar-refractivity contribution in [3.63, 3.8) is 0 Å². The van der Waals surface area contributed by atoms with Gasteiger partial charge in [-0.1, -0.05) is 48.5 Å². The number of benzene rings is 3. The van der Waals surface area contributed by atoms with Gasteiger partial charge in [0.05, 0.1) is 13.7 Å². The van der Waals surface area contributed by atoms with E-state index in [1.807, 2.05) is 36.4 Å². The summed E-state index contributed by atoms with van der Waals surface area (Å²) in [7, 11) is 1.61. The molecule has 0 bridgehead atoms. The lowest BCUT2D eigenvalue weighted by molar-refractivity contribution is 0.101. The number of hydrogen-bond donors (Lipinski definition) is 1. The average Bonchev–Trinajstić information content (AvgIpc) is 2.67. The van der Waals surface area contributed by atoms with E-state index in [1.165, 1.54) is 0 Å². The molecule has 0 saturated heterocycles. The predicted octanol–water partition coefficient (Wildman–Crippen LogP) is 4.66. The molecular formula is C21H19NO2. The van der Waals surface area contributed by atoms with Crippen molar-refractivity contribution in [2.75, 3.05) is 19.0 Å². The van der Waals surface area contributed by atoms with E-state index in [0.717, 1.165) is 22.6 Å². The van der Waals surface area contributed by atoms with E-state index in [1.54, 1.807) is 31.4 Å². The summed E-state index contributed by atoms with van der Waals surface area (Å²) in [4.78, 5) is 12.4. The molecule has 0 radical (unpaired) electrons. The molecule has 1 N–H and O–H groups in total. The van der Waals surface area contributed by atoms with Crippen LogP contribution < -0.4 is 10.1 Å². The van der Waals surface area contributed by atoms with Crippen LogP contribution in [0.3, 0.4) is 0 Å². The summed E-state index contributed by atoms with van der Waals surface area (Å²) in [5, 5.41) is 3.26. The maximum absolute atomic E-state index is 12.4. The fourth-order valence-electron chi connectivity index (χ4n) is 2.56. The second kappa shape index (κ2) is 7.47. The second-order valence-electron chi connectivity index (χ2n) is 5.42. The highest BCUT2D eigenvalue weighted by Crippen LogP contribution is 2.27. The fraction of sp³-hybridized carbons (Fsp3) is 0.0952. The lowest BCUT2D eigenvalue weighted by Gasteiger charge is -2.12. The molecule has 120 valence electrons. The molecule has 0 heterocycles. The van der Waals surface area contributed by atoms with E-state index in [4.69, 9.17) is 4.74 Å². The van der Waals surface area contributed by atoms with Gasteiger partial charge in [-0.15, -0.1) is 0 Å². The molecule has 0 aliphatic carbocycles. The van der Waals surface area contributed by atoms with Gasteiger partial charge in [0.25, 0.3) is 0 Å². The number of para-hydroxylation sites is 1. The van der Waals surface area contributed by atoms with Gasteiger partial charge in [0.15, 0.2) is 5.78 Å². The number of carbonyl (C=O) groups is 1. The minimum absolute atomic E-state index is 0.0421. The van der Waals surface area contributed by atoms with E-state index in [9.17, 15) is 4.79 Å². The van der Waals surface area contributed by atoms with Crippen molar-refractivity contribution in [1.29, 1.82) is 0 Å². The van der Waals surface area contributed by atoms with Gasteiger partial charge in [-0.3, -0.25) is 4.79 Å². The molecule has 0 spiro atoms. The van der Waals surface area contributed by atoms with Crippen LogP contribution in [0.25, 0.3) is 11.1 Å². The van der Waals surface area contributed by atoms with Crippen molar-refractivity contribution in [3.8, 4) is 16.9 Å². The van der Waals surface area contributed by atoms with Gasteiger partial charge in [-0.2, -0.15) is 0 Å². The molecule has 0 saturated carbocycles. The van der Waals surface area contributed by atoms with Gasteiger partial charge in [0.1, 0.15) is 5.75 Å². The Bertz CT molecular complexity index is 811. The maximum atomic E-state index is 12.4. The van der Waals surface area contributed by atoms with Gasteiger partial charge in [-0.05, 0) is 35.9 Å². The minimum atomic E-state index is 0.0421. The molecule has 3 heteroatoms. The monoisotopic (exact) mass is 317 g/mol. The van der Waals surface area contributed by atoms with Crippen LogP contribution in [0.1, 0.15) is 10.4 Å². The molecule has 24 heavy (non-hydrogen) atoms. The van der Waals surface area contributed by atoms with Crippen molar-refractivity contribution >= 4 is 11.5 Å². The van der Waals surface area contributed by atoms with E-state index < -0.39 is 0 Å². The topological polar surface area (TPSA) is 38.3 Å². The number of carbonyl (C=O) groups excluding carboxylic acids is 1. The quantitative estimate of drug-likeness (QED) is 0.672. The third-order valence-corrected chi connectivity index (χ3v) is 3.86. The summed E-state index contributed by atoms with van der Waals surface area (Å²) in [5.74, 6) is 0.787. The van der Waals surface area contributed by atoms with Crippen LogP contribution >= 0.6 is 0 Å². The summed E-state index contributed by atoms with van der Waals surface area (Å²) in [6.07, 6.45) is 0. The third-order valence-electron chi connectivity index (χ3n) is 3.86. The highest BCUT2D eigenvalue weighted by Gasteiger charge is 2.08. The number of rotatable bonds is 6. The maximum Gasteiger partial charge on any atom is 0.181 e. The molecule has 0 aliphatic heterocycles. The van der Waals surface area contributed by atoms with Crippen LogP contribution in [-0.4, -0.2) is 19.4 Å². The van der Waals surface area contributed by atoms with Crippen LogP contribution in [0, 0.1) is 0 Å². The third kappa shape index (κ3) is 3.63. The summed E-state index contributed by atoms with van der Waals surface area (Å²) >= 11 is 0. The van der Waals surface area contributed by atoms with Crippen LogP contribution in [0.5, 0.6) is 5.75 Å². The molecule has 3 aromatic carbocycles. The van der Waals surface area contributed by atoms with Crippen molar-refractivity contribution in [2.24, 2.45) is 0 Å². The largest absolute Gasteiger partial charge is 0.497 e. The van der Waals surface area contributed by atoms with Gasteiger partial charge in [0.2, 0.25) is 0 Å². The van der Waals surface area contributed by atoms with Crippen molar-refractivity contribution in [1.82, 2.24) is 0 Å². The van der Waals surface area contributed by atoms with Crippen molar-refractivity contribution in [2.45, 2.75) is 0 Å². The zero-order valence-corrected chi connectivity index (χ0v) is 13.5. The number of ether oxygens (including phenoxy) is 1. The highest BCUT2D eigenvalue weighted by atomic mass is 16.5. The molecule has 0 aliphatic rings. The normalized spacial score (nSPS) is 10.2. The number of Topliss-reactive ketones (excluding diaryl/α,β-unsaturated/α-hetero) is 1. The van der Waals surface area contributed by atoms with E-state index >= 15 is 0 Å². The Morgan fingerprint density at radius 1 is 0.875 bits per heavy atom. The van der Waals surface area contributed by atoms with Crippen molar-refractivity contribution < 1.29 is 9.53 Å².